The van der Waals surface area contributed by atoms with E-state index in [-0.39, 0.29) is 5.97 Å². The molecule has 0 unspecified atom stereocenters. The predicted molar refractivity (Wildman–Crippen MR) is 73.3 cm³/mol. The number of carbonyl (C=O) groups excluding carboxylic acids is 1. The normalized spacial score (nSPS) is 12.4. The summed E-state index contributed by atoms with van der Waals surface area (Å²) in [5, 5.41) is 1.16. The van der Waals surface area contributed by atoms with Crippen molar-refractivity contribution < 1.29 is 9.53 Å². The molecule has 1 aromatic rings. The first-order valence-corrected chi connectivity index (χ1v) is 9.29. The van der Waals surface area contributed by atoms with Gasteiger partial charge in [-0.25, -0.2) is 4.79 Å². The fraction of sp³-hybridized carbons (Fsp3) is 0.357. The van der Waals surface area contributed by atoms with Gasteiger partial charge in [0.2, 0.25) is 0 Å². The van der Waals surface area contributed by atoms with E-state index in [1.165, 1.54) is 0 Å². The van der Waals surface area contributed by atoms with Crippen LogP contribution in [0.25, 0.3) is 0 Å². The molecule has 0 saturated carbocycles. The lowest BCUT2D eigenvalue weighted by Gasteiger charge is -2.16. The Morgan fingerprint density at radius 1 is 1.24 bits per heavy atom. The maximum absolute atomic E-state index is 11.6. The van der Waals surface area contributed by atoms with Crippen LogP contribution in [0.2, 0.25) is 19.6 Å². The molecule has 3 heteroatoms. The molecule has 0 aromatic heterocycles. The summed E-state index contributed by atoms with van der Waals surface area (Å²) >= 11 is 0. The molecule has 0 aliphatic heterocycles. The van der Waals surface area contributed by atoms with E-state index in [1.807, 2.05) is 37.3 Å². The monoisotopic (exact) mass is 248 g/mol. The largest absolute Gasteiger partial charge is 0.458 e. The van der Waals surface area contributed by atoms with Crippen LogP contribution in [0.3, 0.4) is 0 Å². The van der Waals surface area contributed by atoms with Crippen LogP contribution in [-0.4, -0.2) is 14.0 Å². The highest BCUT2D eigenvalue weighted by Crippen LogP contribution is 2.13. The summed E-state index contributed by atoms with van der Waals surface area (Å²) in [7, 11) is -1.37. The second-order valence-electron chi connectivity index (χ2n) is 5.17. The second kappa shape index (κ2) is 5.82. The molecule has 1 rings (SSSR count). The van der Waals surface area contributed by atoms with E-state index in [1.54, 1.807) is 6.08 Å². The molecule has 0 aliphatic carbocycles. The number of hydrogen-bond donors (Lipinski definition) is 0. The zero-order chi connectivity index (χ0) is 12.9. The van der Waals surface area contributed by atoms with Gasteiger partial charge in [-0.3, -0.25) is 0 Å². The maximum Gasteiger partial charge on any atom is 0.330 e. The summed E-state index contributed by atoms with van der Waals surface area (Å²) in [6.45, 7) is 8.99. The molecule has 2 nitrogen and oxygen atoms in total. The Morgan fingerprint density at radius 3 is 2.35 bits per heavy atom. The summed E-state index contributed by atoms with van der Waals surface area (Å²) < 4.78 is 5.20. The van der Waals surface area contributed by atoms with Crippen molar-refractivity contribution in [3.8, 4) is 0 Å². The zero-order valence-corrected chi connectivity index (χ0v) is 12.0. The van der Waals surface area contributed by atoms with Gasteiger partial charge < -0.3 is 4.74 Å². The molecular formula is C14H20O2Si. The number of allylic oxidation sites excluding steroid dienone is 1. The number of ether oxygens (including phenoxy) is 1. The molecule has 0 bridgehead atoms. The summed E-state index contributed by atoms with van der Waals surface area (Å²) in [4.78, 5) is 11.6. The first-order valence-electron chi connectivity index (χ1n) is 5.79. The van der Waals surface area contributed by atoms with Crippen molar-refractivity contribution in [2.75, 3.05) is 0 Å². The van der Waals surface area contributed by atoms with Gasteiger partial charge in [0.25, 0.3) is 0 Å². The molecule has 17 heavy (non-hydrogen) atoms. The summed E-state index contributed by atoms with van der Waals surface area (Å²) in [5.41, 5.74) is 1.01. The van der Waals surface area contributed by atoms with Gasteiger partial charge in [-0.15, -0.1) is 0 Å². The first kappa shape index (κ1) is 13.7. The molecule has 92 valence electrons. The average molecular weight is 248 g/mol. The van der Waals surface area contributed by atoms with E-state index in [0.717, 1.165) is 10.8 Å². The lowest BCUT2D eigenvalue weighted by Crippen LogP contribution is -2.23. The third-order valence-corrected chi connectivity index (χ3v) is 5.25. The maximum atomic E-state index is 11.6. The Hall–Kier alpha value is -1.35. The molecule has 1 aromatic carbocycles. The van der Waals surface area contributed by atoms with Crippen molar-refractivity contribution in [3.63, 3.8) is 0 Å². The molecule has 0 fully saturated rings. The highest BCUT2D eigenvalue weighted by atomic mass is 28.3. The molecular weight excluding hydrogens is 228 g/mol. The van der Waals surface area contributed by atoms with E-state index in [9.17, 15) is 4.79 Å². The van der Waals surface area contributed by atoms with Gasteiger partial charge in [0, 0.05) is 6.08 Å². The van der Waals surface area contributed by atoms with Crippen molar-refractivity contribution in [1.29, 1.82) is 0 Å². The van der Waals surface area contributed by atoms with Gasteiger partial charge in [0.1, 0.15) is 6.61 Å². The minimum atomic E-state index is -1.37. The molecule has 0 amide bonds. The van der Waals surface area contributed by atoms with Crippen molar-refractivity contribution in [2.24, 2.45) is 0 Å². The van der Waals surface area contributed by atoms with Gasteiger partial charge in [0.05, 0.1) is 8.07 Å². The highest BCUT2D eigenvalue weighted by molar-refractivity contribution is 6.83. The molecule has 0 spiro atoms. The third kappa shape index (κ3) is 5.00. The fourth-order valence-corrected chi connectivity index (χ4v) is 1.71. The quantitative estimate of drug-likeness (QED) is 0.463. The molecule has 0 radical (unpaired) electrons. The minimum absolute atomic E-state index is 0.242. The van der Waals surface area contributed by atoms with Crippen molar-refractivity contribution in [1.82, 2.24) is 0 Å². The van der Waals surface area contributed by atoms with Crippen LogP contribution in [0.1, 0.15) is 12.5 Å². The Labute approximate surface area is 104 Å². The van der Waals surface area contributed by atoms with Crippen LogP contribution >= 0.6 is 0 Å². The van der Waals surface area contributed by atoms with E-state index >= 15 is 0 Å². The zero-order valence-electron chi connectivity index (χ0n) is 11.0. The lowest BCUT2D eigenvalue weighted by molar-refractivity contribution is -0.139. The SMILES string of the molecule is C/C(=C\C(=O)OCc1ccccc1)[Si](C)(C)C. The van der Waals surface area contributed by atoms with Gasteiger partial charge >= 0.3 is 5.97 Å². The van der Waals surface area contributed by atoms with E-state index < -0.39 is 8.07 Å². The van der Waals surface area contributed by atoms with Gasteiger partial charge in [-0.1, -0.05) is 55.2 Å². The molecule has 0 atom stereocenters. The Bertz CT molecular complexity index is 402. The van der Waals surface area contributed by atoms with Crippen LogP contribution in [0.15, 0.2) is 41.6 Å². The predicted octanol–water partition coefficient (Wildman–Crippen LogP) is 3.55. The summed E-state index contributed by atoms with van der Waals surface area (Å²) in [6.07, 6.45) is 1.63. The van der Waals surface area contributed by atoms with Crippen molar-refractivity contribution >= 4 is 14.0 Å². The number of benzene rings is 1. The summed E-state index contributed by atoms with van der Waals surface area (Å²) in [5.74, 6) is -0.242. The Morgan fingerprint density at radius 2 is 1.82 bits per heavy atom. The van der Waals surface area contributed by atoms with Crippen molar-refractivity contribution in [2.45, 2.75) is 33.2 Å². The number of carbonyl (C=O) groups is 1. The fourth-order valence-electron chi connectivity index (χ4n) is 1.16. The van der Waals surface area contributed by atoms with E-state index in [4.69, 9.17) is 4.74 Å². The minimum Gasteiger partial charge on any atom is -0.458 e. The molecule has 0 aliphatic rings. The number of esters is 1. The Kier molecular flexibility index (Phi) is 4.69. The molecule has 0 saturated heterocycles. The van der Waals surface area contributed by atoms with E-state index in [2.05, 4.69) is 19.6 Å². The lowest BCUT2D eigenvalue weighted by atomic mass is 10.2. The topological polar surface area (TPSA) is 26.3 Å². The smallest absolute Gasteiger partial charge is 0.330 e. The highest BCUT2D eigenvalue weighted by Gasteiger charge is 2.16. The van der Waals surface area contributed by atoms with Gasteiger partial charge in [0.15, 0.2) is 0 Å². The van der Waals surface area contributed by atoms with Crippen molar-refractivity contribution in [3.05, 3.63) is 47.2 Å². The third-order valence-electron chi connectivity index (χ3n) is 2.74. The van der Waals surface area contributed by atoms with Crippen LogP contribution in [0.4, 0.5) is 0 Å². The molecule has 0 heterocycles. The van der Waals surface area contributed by atoms with Crippen LogP contribution in [0.5, 0.6) is 0 Å². The average Bonchev–Trinajstić information content (AvgIpc) is 2.26. The second-order valence-corrected chi connectivity index (χ2v) is 10.5. The van der Waals surface area contributed by atoms with Gasteiger partial charge in [-0.2, -0.15) is 0 Å². The Balaban J connectivity index is 2.52. The van der Waals surface area contributed by atoms with Crippen LogP contribution < -0.4 is 0 Å². The number of rotatable bonds is 4. The standard InChI is InChI=1S/C14H20O2Si/c1-12(17(2,3)4)10-14(15)16-11-13-8-6-5-7-9-13/h5-10H,11H2,1-4H3/b12-10+. The van der Waals surface area contributed by atoms with Crippen LogP contribution in [-0.2, 0) is 16.1 Å². The van der Waals surface area contributed by atoms with Gasteiger partial charge in [-0.05, 0) is 12.5 Å². The number of hydrogen-bond acceptors (Lipinski definition) is 2. The summed E-state index contributed by atoms with van der Waals surface area (Å²) in [6, 6.07) is 9.71. The van der Waals surface area contributed by atoms with Crippen LogP contribution in [0, 0.1) is 0 Å². The molecule has 0 N–H and O–H groups in total. The van der Waals surface area contributed by atoms with E-state index in [0.29, 0.717) is 6.61 Å². The first-order chi connectivity index (χ1) is 7.89.